The summed E-state index contributed by atoms with van der Waals surface area (Å²) >= 11 is 3.21. The van der Waals surface area contributed by atoms with Gasteiger partial charge in [-0.15, -0.1) is 0 Å². The highest BCUT2D eigenvalue weighted by Crippen LogP contribution is 1.80. The normalized spacial score (nSPS) is 26.3. The van der Waals surface area contributed by atoms with E-state index in [4.69, 9.17) is 15.0 Å². The molecule has 3 N–H and O–H groups in total. The van der Waals surface area contributed by atoms with E-state index in [1.165, 1.54) is 0 Å². The number of nitrogens with two attached hydrogens (primary N) is 1. The fraction of sp³-hybridized carbons (Fsp3) is 0.667. The van der Waals surface area contributed by atoms with Gasteiger partial charge in [-0.25, -0.2) is 0 Å². The molecular formula is C3H7NO2S. The van der Waals surface area contributed by atoms with Crippen LogP contribution in [0, 0.1) is 0 Å². The van der Waals surface area contributed by atoms with Gasteiger partial charge in [-0.3, -0.25) is 4.79 Å². The van der Waals surface area contributed by atoms with Crippen LogP contribution in [0.3, 0.4) is 0 Å². The predicted molar refractivity (Wildman–Crippen MR) is 29.5 cm³/mol. The zero-order valence-corrected chi connectivity index (χ0v) is 4.27. The van der Waals surface area contributed by atoms with Crippen LogP contribution in [0.2, 0.25) is 0 Å². The van der Waals surface area contributed by atoms with Gasteiger partial charge in [0.25, 0.3) is 0 Å². The average molecular weight is 125 g/mol. The molecule has 0 aromatic carbocycles. The number of hydrogen-bond donors (Lipinski definition) is 3. The van der Waals surface area contributed by atoms with E-state index >= 15 is 0 Å². The monoisotopic (exact) mass is 125 g/mol. The largest absolute Gasteiger partial charge is 0.480 e. The van der Waals surface area contributed by atoms with Crippen molar-refractivity contribution in [1.82, 2.24) is 0 Å². The van der Waals surface area contributed by atoms with Crippen LogP contribution in [0.25, 0.3) is 0 Å². The Bertz CT molecular complexity index is 154. The number of thiol groups is 1. The first kappa shape index (κ1) is 2.94. The Balaban J connectivity index is 4.57. The third-order valence-corrected chi connectivity index (χ3v) is 0.592. The molecule has 0 aliphatic carbocycles. The van der Waals surface area contributed by atoms with Crippen molar-refractivity contribution >= 4 is 18.6 Å². The second kappa shape index (κ2) is 2.87. The van der Waals surface area contributed by atoms with E-state index < -0.39 is 17.7 Å². The average Bonchev–Trinajstić information content (AvgIpc) is 1.62. The van der Waals surface area contributed by atoms with Crippen LogP contribution >= 0.6 is 12.6 Å². The van der Waals surface area contributed by atoms with Crippen LogP contribution in [0.4, 0.5) is 0 Å². The lowest BCUT2D eigenvalue weighted by molar-refractivity contribution is -0.137. The van der Waals surface area contributed by atoms with E-state index in [9.17, 15) is 4.79 Å². The molecular weight excluding hydrogens is 115 g/mol. The molecule has 1 atom stereocenters. The number of rotatable bonds is 2. The Morgan fingerprint density at radius 2 is 2.86 bits per heavy atom. The van der Waals surface area contributed by atoms with Gasteiger partial charge in [0.2, 0.25) is 0 Å². The predicted octanol–water partition coefficient (Wildman–Crippen LogP) is -0.672. The standard InChI is InChI=1S/C3H7NO2S/c4-2(1-7)3(5)6/h2,7H,1,4H2,(H,5,6)/i1D2,2D,3+1. The van der Waals surface area contributed by atoms with Crippen molar-refractivity contribution < 1.29 is 14.0 Å². The Morgan fingerprint density at radius 1 is 2.43 bits per heavy atom. The smallest absolute Gasteiger partial charge is 0.321 e. The van der Waals surface area contributed by atoms with E-state index in [0.29, 0.717) is 0 Å². The molecule has 0 fully saturated rings. The molecule has 0 amide bonds. The fourth-order valence-electron chi connectivity index (χ4n) is 0.0478. The molecule has 0 heterocycles. The highest BCUT2D eigenvalue weighted by atomic mass is 32.1. The molecule has 0 aliphatic heterocycles. The number of carboxylic acids is 1. The second-order valence-corrected chi connectivity index (χ2v) is 1.05. The molecule has 0 aromatic rings. The minimum Gasteiger partial charge on any atom is -0.480 e. The van der Waals surface area contributed by atoms with E-state index in [2.05, 4.69) is 12.6 Å². The summed E-state index contributed by atoms with van der Waals surface area (Å²) in [7, 11) is 0. The van der Waals surface area contributed by atoms with Crippen LogP contribution < -0.4 is 5.73 Å². The quantitative estimate of drug-likeness (QED) is 0.339. The van der Waals surface area contributed by atoms with Crippen molar-refractivity contribution in [2.45, 2.75) is 6.02 Å². The SMILES string of the molecule is [2H]C([2H])(S)C([2H])(N)[13C](=O)O. The topological polar surface area (TPSA) is 63.3 Å². The lowest BCUT2D eigenvalue weighted by Gasteiger charge is -1.96. The van der Waals surface area contributed by atoms with Crippen LogP contribution in [-0.4, -0.2) is 22.8 Å². The van der Waals surface area contributed by atoms with Crippen molar-refractivity contribution in [2.24, 2.45) is 5.73 Å². The molecule has 0 rings (SSSR count). The zero-order chi connectivity index (χ0) is 8.58. The van der Waals surface area contributed by atoms with Crippen LogP contribution in [0.15, 0.2) is 0 Å². The van der Waals surface area contributed by atoms with Crippen LogP contribution in [0.1, 0.15) is 4.11 Å². The molecule has 0 spiro atoms. The summed E-state index contributed by atoms with van der Waals surface area (Å²) in [6.07, 6.45) is 0. The van der Waals surface area contributed by atoms with Gasteiger partial charge in [0.15, 0.2) is 0 Å². The molecule has 3 nitrogen and oxygen atoms in total. The molecule has 4 heteroatoms. The molecule has 7 heavy (non-hydrogen) atoms. The summed E-state index contributed by atoms with van der Waals surface area (Å²) < 4.78 is 20.2. The first-order chi connectivity index (χ1) is 4.19. The van der Waals surface area contributed by atoms with Crippen molar-refractivity contribution in [1.29, 1.82) is 0 Å². The first-order valence-corrected chi connectivity index (χ1v) is 1.89. The van der Waals surface area contributed by atoms with Gasteiger partial charge in [-0.05, 0) is 0 Å². The molecule has 0 saturated carbocycles. The Hall–Kier alpha value is -0.220. The summed E-state index contributed by atoms with van der Waals surface area (Å²) in [6, 6.07) is -2.70. The number of carboxylic acid groups (broad SMARTS) is 1. The summed E-state index contributed by atoms with van der Waals surface area (Å²) in [6.45, 7) is 0. The molecule has 0 bridgehead atoms. The van der Waals surface area contributed by atoms with Crippen molar-refractivity contribution in [2.75, 3.05) is 5.70 Å². The van der Waals surface area contributed by atoms with Gasteiger partial charge >= 0.3 is 5.97 Å². The highest BCUT2D eigenvalue weighted by molar-refractivity contribution is 7.80. The molecule has 42 valence electrons. The number of carbonyl (C=O) groups is 1. The third-order valence-electron chi connectivity index (χ3n) is 0.351. The lowest BCUT2D eigenvalue weighted by atomic mass is 10.6. The summed E-state index contributed by atoms with van der Waals surface area (Å²) in [5.41, 5.74) is 2.21. The van der Waals surface area contributed by atoms with Gasteiger partial charge in [-0.2, -0.15) is 12.6 Å². The zero-order valence-electron chi connectivity index (χ0n) is 6.38. The molecule has 0 aliphatic rings. The van der Waals surface area contributed by atoms with Crippen molar-refractivity contribution in [3.05, 3.63) is 0 Å². The summed E-state index contributed by atoms with van der Waals surface area (Å²) in [5, 5.41) is 8.18. The second-order valence-electron chi connectivity index (χ2n) is 0.831. The van der Waals surface area contributed by atoms with Crippen molar-refractivity contribution in [3.63, 3.8) is 0 Å². The van der Waals surface area contributed by atoms with Gasteiger partial charge in [-0.1, -0.05) is 0 Å². The molecule has 1 unspecified atom stereocenters. The van der Waals surface area contributed by atoms with Gasteiger partial charge in [0.1, 0.15) is 6.02 Å². The Morgan fingerprint density at radius 3 is 2.86 bits per heavy atom. The third kappa shape index (κ3) is 2.47. The molecule has 0 radical (unpaired) electrons. The fourth-order valence-corrected chi connectivity index (χ4v) is 0.143. The molecule has 0 aromatic heterocycles. The lowest BCUT2D eigenvalue weighted by Crippen LogP contribution is -2.31. The van der Waals surface area contributed by atoms with Crippen LogP contribution in [-0.2, 0) is 4.79 Å². The maximum atomic E-state index is 10.1. The summed E-state index contributed by atoms with van der Waals surface area (Å²) in [4.78, 5) is 10.1. The summed E-state index contributed by atoms with van der Waals surface area (Å²) in [5.74, 6) is -1.74. The maximum Gasteiger partial charge on any atom is 0.321 e. The van der Waals surface area contributed by atoms with E-state index in [-0.39, 0.29) is 0 Å². The maximum absolute atomic E-state index is 10.1. The molecule has 0 saturated heterocycles. The van der Waals surface area contributed by atoms with Gasteiger partial charge in [0, 0.05) is 8.45 Å². The van der Waals surface area contributed by atoms with E-state index in [1.807, 2.05) is 0 Å². The Kier molecular flexibility index (Phi) is 1.21. The first-order valence-electron chi connectivity index (χ1n) is 2.94. The van der Waals surface area contributed by atoms with Crippen molar-refractivity contribution in [3.8, 4) is 0 Å². The van der Waals surface area contributed by atoms with Crippen LogP contribution in [0.5, 0.6) is 0 Å². The van der Waals surface area contributed by atoms with E-state index in [0.717, 1.165) is 0 Å². The number of aliphatic carboxylic acids is 1. The minimum absolute atomic E-state index is 1.74. The minimum atomic E-state index is -2.70. The van der Waals surface area contributed by atoms with Gasteiger partial charge < -0.3 is 10.8 Å². The highest BCUT2D eigenvalue weighted by Gasteiger charge is 2.06. The van der Waals surface area contributed by atoms with E-state index in [1.54, 1.807) is 0 Å². The van der Waals surface area contributed by atoms with Gasteiger partial charge in [0.05, 0.1) is 1.37 Å². The number of hydrogen-bond acceptors (Lipinski definition) is 3. The Labute approximate surface area is 51.1 Å².